The summed E-state index contributed by atoms with van der Waals surface area (Å²) < 4.78 is 50.9. The Morgan fingerprint density at radius 1 is 1.12 bits per heavy atom. The van der Waals surface area contributed by atoms with Gasteiger partial charge >= 0.3 is 0 Å². The van der Waals surface area contributed by atoms with Gasteiger partial charge in [0.1, 0.15) is 0 Å². The lowest BCUT2D eigenvalue weighted by atomic mass is 9.98. The lowest BCUT2D eigenvalue weighted by Crippen LogP contribution is -2.47. The van der Waals surface area contributed by atoms with Crippen molar-refractivity contribution in [1.29, 1.82) is 0 Å². The van der Waals surface area contributed by atoms with Crippen molar-refractivity contribution >= 4 is 10.0 Å². The summed E-state index contributed by atoms with van der Waals surface area (Å²) in [5, 5.41) is 0. The van der Waals surface area contributed by atoms with E-state index in [9.17, 15) is 17.2 Å². The molecule has 1 aromatic rings. The quantitative estimate of drug-likeness (QED) is 0.768. The predicted octanol–water partition coefficient (Wildman–Crippen LogP) is 3.10. The molecule has 1 aliphatic rings. The van der Waals surface area contributed by atoms with E-state index in [4.69, 9.17) is 0 Å². The maximum atomic E-state index is 13.1. The van der Waals surface area contributed by atoms with Gasteiger partial charge in [-0.3, -0.25) is 4.90 Å². The molecule has 0 saturated carbocycles. The zero-order valence-corrected chi connectivity index (χ0v) is 16.2. The molecular weight excluding hydrogens is 346 g/mol. The van der Waals surface area contributed by atoms with E-state index in [-0.39, 0.29) is 12.6 Å². The van der Waals surface area contributed by atoms with Crippen LogP contribution in [0.15, 0.2) is 12.1 Å². The Balaban J connectivity index is 2.14. The van der Waals surface area contributed by atoms with Crippen molar-refractivity contribution in [3.63, 3.8) is 0 Å². The topological polar surface area (TPSA) is 40.6 Å². The van der Waals surface area contributed by atoms with E-state index in [0.29, 0.717) is 32.5 Å². The molecule has 2 rings (SSSR count). The number of aryl methyl sites for hydroxylation is 3. The lowest BCUT2D eigenvalue weighted by Gasteiger charge is -2.37. The van der Waals surface area contributed by atoms with E-state index < -0.39 is 16.4 Å². The summed E-state index contributed by atoms with van der Waals surface area (Å²) in [4.78, 5) is 1.82. The van der Waals surface area contributed by atoms with Crippen molar-refractivity contribution in [1.82, 2.24) is 9.21 Å². The number of piperidine rings is 1. The molecule has 0 unspecified atom stereocenters. The van der Waals surface area contributed by atoms with Crippen molar-refractivity contribution in [3.05, 3.63) is 34.4 Å². The fraction of sp³-hybridized carbons (Fsp3) is 0.667. The predicted molar refractivity (Wildman–Crippen MR) is 96.5 cm³/mol. The second kappa shape index (κ2) is 8.10. The Labute approximate surface area is 149 Å². The molecule has 4 nitrogen and oxygen atoms in total. The summed E-state index contributed by atoms with van der Waals surface area (Å²) in [6.45, 7) is 7.07. The lowest BCUT2D eigenvalue weighted by molar-refractivity contribution is 0.0455. The third kappa shape index (κ3) is 5.46. The summed E-state index contributed by atoms with van der Waals surface area (Å²) in [6.07, 6.45) is -0.0319. The Kier molecular flexibility index (Phi) is 6.56. The van der Waals surface area contributed by atoms with E-state index in [2.05, 4.69) is 12.1 Å². The largest absolute Gasteiger partial charge is 0.290 e. The summed E-state index contributed by atoms with van der Waals surface area (Å²) >= 11 is 0. The molecule has 0 N–H and O–H groups in total. The highest BCUT2D eigenvalue weighted by Crippen LogP contribution is 2.24. The summed E-state index contributed by atoms with van der Waals surface area (Å²) in [5.74, 6) is 0. The van der Waals surface area contributed by atoms with Crippen LogP contribution in [0.3, 0.4) is 0 Å². The number of alkyl halides is 2. The van der Waals surface area contributed by atoms with Gasteiger partial charge in [0.2, 0.25) is 10.0 Å². The van der Waals surface area contributed by atoms with E-state index >= 15 is 0 Å². The first kappa shape index (κ1) is 20.3. The van der Waals surface area contributed by atoms with Crippen LogP contribution in [0.25, 0.3) is 0 Å². The van der Waals surface area contributed by atoms with Crippen LogP contribution in [0.5, 0.6) is 0 Å². The minimum Gasteiger partial charge on any atom is -0.290 e. The second-order valence-electron chi connectivity index (χ2n) is 7.08. The van der Waals surface area contributed by atoms with Crippen LogP contribution in [0.4, 0.5) is 8.78 Å². The van der Waals surface area contributed by atoms with Gasteiger partial charge in [0.25, 0.3) is 6.43 Å². The number of nitrogens with zero attached hydrogens (tertiary/aromatic N) is 2. The minimum absolute atomic E-state index is 0.0204. The molecule has 1 heterocycles. The van der Waals surface area contributed by atoms with Crippen LogP contribution in [-0.4, -0.2) is 56.0 Å². The maximum absolute atomic E-state index is 13.1. The van der Waals surface area contributed by atoms with Crippen molar-refractivity contribution < 1.29 is 17.2 Å². The number of benzene rings is 1. The molecule has 0 radical (unpaired) electrons. The van der Waals surface area contributed by atoms with E-state index in [1.165, 1.54) is 16.1 Å². The molecule has 0 spiro atoms. The highest BCUT2D eigenvalue weighted by Gasteiger charge is 2.30. The average Bonchev–Trinajstić information content (AvgIpc) is 2.50. The molecule has 1 aliphatic heterocycles. The molecule has 0 aliphatic carbocycles. The normalized spacial score (nSPS) is 17.6. The number of rotatable bonds is 6. The first-order chi connectivity index (χ1) is 11.6. The van der Waals surface area contributed by atoms with Crippen LogP contribution in [0.1, 0.15) is 35.1 Å². The van der Waals surface area contributed by atoms with Gasteiger partial charge in [0, 0.05) is 25.7 Å². The smallest absolute Gasteiger partial charge is 0.251 e. The third-order valence-corrected chi connectivity index (χ3v) is 6.41. The van der Waals surface area contributed by atoms with Crippen molar-refractivity contribution in [3.8, 4) is 0 Å². The summed E-state index contributed by atoms with van der Waals surface area (Å²) in [7, 11) is -3.21. The van der Waals surface area contributed by atoms with Gasteiger partial charge in [0.05, 0.1) is 12.8 Å². The van der Waals surface area contributed by atoms with Gasteiger partial charge in [-0.25, -0.2) is 21.5 Å². The highest BCUT2D eigenvalue weighted by molar-refractivity contribution is 7.88. The van der Waals surface area contributed by atoms with Gasteiger partial charge in [-0.2, -0.15) is 0 Å². The SMILES string of the molecule is Cc1cc(C)c(CN(CC(F)F)C2CCN(S(C)(=O)=O)CC2)cc1C. The molecule has 1 aromatic carbocycles. The van der Waals surface area contributed by atoms with Gasteiger partial charge in [0.15, 0.2) is 0 Å². The molecule has 7 heteroatoms. The Morgan fingerprint density at radius 2 is 1.68 bits per heavy atom. The number of sulfonamides is 1. The molecule has 0 aromatic heterocycles. The van der Waals surface area contributed by atoms with Gasteiger partial charge < -0.3 is 0 Å². The van der Waals surface area contributed by atoms with Crippen LogP contribution >= 0.6 is 0 Å². The highest BCUT2D eigenvalue weighted by atomic mass is 32.2. The maximum Gasteiger partial charge on any atom is 0.251 e. The Bertz CT molecular complexity index is 699. The summed E-state index contributed by atoms with van der Waals surface area (Å²) in [5.41, 5.74) is 4.53. The van der Waals surface area contributed by atoms with Crippen molar-refractivity contribution in [2.24, 2.45) is 0 Å². The Hall–Kier alpha value is -1.05. The van der Waals surface area contributed by atoms with Gasteiger partial charge in [-0.15, -0.1) is 0 Å². The number of hydrogen-bond donors (Lipinski definition) is 0. The van der Waals surface area contributed by atoms with Crippen LogP contribution < -0.4 is 0 Å². The van der Waals surface area contributed by atoms with Gasteiger partial charge in [-0.1, -0.05) is 12.1 Å². The number of hydrogen-bond acceptors (Lipinski definition) is 3. The van der Waals surface area contributed by atoms with Gasteiger partial charge in [-0.05, 0) is 55.9 Å². The van der Waals surface area contributed by atoms with Crippen molar-refractivity contribution in [2.75, 3.05) is 25.9 Å². The molecule has 1 saturated heterocycles. The molecule has 1 fully saturated rings. The fourth-order valence-corrected chi connectivity index (χ4v) is 4.34. The summed E-state index contributed by atoms with van der Waals surface area (Å²) in [6, 6.07) is 4.15. The van der Waals surface area contributed by atoms with E-state index in [1.54, 1.807) is 0 Å². The standard InChI is InChI=1S/C18H28F2N2O2S/c1-13-9-15(3)16(10-14(13)2)11-21(12-18(19)20)17-5-7-22(8-6-17)25(4,23)24/h9-10,17-18H,5-8,11-12H2,1-4H3. The first-order valence-electron chi connectivity index (χ1n) is 8.62. The molecule has 25 heavy (non-hydrogen) atoms. The van der Waals surface area contributed by atoms with Crippen LogP contribution in [0, 0.1) is 20.8 Å². The molecule has 0 bridgehead atoms. The molecule has 0 amide bonds. The van der Waals surface area contributed by atoms with E-state index in [1.807, 2.05) is 25.7 Å². The van der Waals surface area contributed by atoms with Crippen LogP contribution in [-0.2, 0) is 16.6 Å². The second-order valence-corrected chi connectivity index (χ2v) is 9.06. The average molecular weight is 374 g/mol. The van der Waals surface area contributed by atoms with Crippen molar-refractivity contribution in [2.45, 2.75) is 52.6 Å². The zero-order chi connectivity index (χ0) is 18.8. The van der Waals surface area contributed by atoms with Crippen LogP contribution in [0.2, 0.25) is 0 Å². The molecule has 0 atom stereocenters. The monoisotopic (exact) mass is 374 g/mol. The zero-order valence-electron chi connectivity index (χ0n) is 15.4. The number of halogens is 2. The fourth-order valence-electron chi connectivity index (χ4n) is 3.47. The third-order valence-electron chi connectivity index (χ3n) is 5.11. The first-order valence-corrected chi connectivity index (χ1v) is 10.5. The molecule has 142 valence electrons. The van der Waals surface area contributed by atoms with E-state index in [0.717, 1.165) is 16.7 Å². The molecular formula is C18H28F2N2O2S. The Morgan fingerprint density at radius 3 is 2.20 bits per heavy atom. The minimum atomic E-state index is -3.21.